The first-order valence-electron chi connectivity index (χ1n) is 5.85. The van der Waals surface area contributed by atoms with Gasteiger partial charge in [0.25, 0.3) is 0 Å². The van der Waals surface area contributed by atoms with E-state index in [1.165, 1.54) is 17.5 Å². The fraction of sp³-hybridized carbons (Fsp3) is 0.571. The highest BCUT2D eigenvalue weighted by Crippen LogP contribution is 2.42. The maximum Gasteiger partial charge on any atom is 0.147 e. The summed E-state index contributed by atoms with van der Waals surface area (Å²) in [4.78, 5) is 0. The van der Waals surface area contributed by atoms with Gasteiger partial charge in [-0.15, -0.1) is 0 Å². The van der Waals surface area contributed by atoms with E-state index in [-0.39, 0.29) is 11.5 Å². The van der Waals surface area contributed by atoms with Crippen LogP contribution in [0.2, 0.25) is 0 Å². The lowest BCUT2D eigenvalue weighted by molar-refractivity contribution is -0.0808. The van der Waals surface area contributed by atoms with Gasteiger partial charge in [-0.05, 0) is 29.4 Å². The van der Waals surface area contributed by atoms with E-state index in [0.717, 1.165) is 6.42 Å². The zero-order valence-electron chi connectivity index (χ0n) is 10.3. The lowest BCUT2D eigenvalue weighted by atomic mass is 9.72. The van der Waals surface area contributed by atoms with Crippen molar-refractivity contribution < 1.29 is 9.47 Å². The van der Waals surface area contributed by atoms with E-state index in [9.17, 15) is 0 Å². The molecule has 2 heteroatoms. The standard InChI is InChI=1S/C14H20O2/c1-14(2)9-8-13(16-10-15-3)11-6-4-5-7-12(11)14/h4-7,13H,8-10H2,1-3H3. The summed E-state index contributed by atoms with van der Waals surface area (Å²) in [5.41, 5.74) is 3.02. The summed E-state index contributed by atoms with van der Waals surface area (Å²) in [6.07, 6.45) is 2.44. The number of benzene rings is 1. The lowest BCUT2D eigenvalue weighted by Gasteiger charge is -2.36. The first kappa shape index (κ1) is 11.6. The summed E-state index contributed by atoms with van der Waals surface area (Å²) in [6.45, 7) is 4.98. The Balaban J connectivity index is 2.28. The molecule has 88 valence electrons. The van der Waals surface area contributed by atoms with E-state index >= 15 is 0 Å². The second kappa shape index (κ2) is 4.56. The first-order chi connectivity index (χ1) is 7.65. The van der Waals surface area contributed by atoms with E-state index in [4.69, 9.17) is 9.47 Å². The number of rotatable bonds is 3. The van der Waals surface area contributed by atoms with E-state index in [0.29, 0.717) is 6.79 Å². The van der Waals surface area contributed by atoms with Gasteiger partial charge in [0.05, 0.1) is 6.10 Å². The van der Waals surface area contributed by atoms with Gasteiger partial charge in [0, 0.05) is 7.11 Å². The molecule has 0 spiro atoms. The maximum atomic E-state index is 5.73. The summed E-state index contributed by atoms with van der Waals surface area (Å²) < 4.78 is 10.7. The van der Waals surface area contributed by atoms with Crippen molar-refractivity contribution in [1.82, 2.24) is 0 Å². The number of hydrogen-bond donors (Lipinski definition) is 0. The molecule has 1 aliphatic carbocycles. The van der Waals surface area contributed by atoms with E-state index in [1.54, 1.807) is 7.11 Å². The van der Waals surface area contributed by atoms with Crippen LogP contribution in [0.1, 0.15) is 43.9 Å². The minimum absolute atomic E-state index is 0.198. The van der Waals surface area contributed by atoms with Gasteiger partial charge in [-0.1, -0.05) is 38.1 Å². The molecule has 0 N–H and O–H groups in total. The van der Waals surface area contributed by atoms with E-state index in [1.807, 2.05) is 0 Å². The van der Waals surface area contributed by atoms with Crippen LogP contribution in [-0.2, 0) is 14.9 Å². The van der Waals surface area contributed by atoms with Crippen LogP contribution in [0, 0.1) is 0 Å². The molecule has 1 unspecified atom stereocenters. The highest BCUT2D eigenvalue weighted by atomic mass is 16.7. The molecular formula is C14H20O2. The van der Waals surface area contributed by atoms with Crippen molar-refractivity contribution in [3.63, 3.8) is 0 Å². The largest absolute Gasteiger partial charge is 0.359 e. The molecule has 0 aliphatic heterocycles. The van der Waals surface area contributed by atoms with Crippen molar-refractivity contribution in [2.24, 2.45) is 0 Å². The predicted molar refractivity (Wildman–Crippen MR) is 64.4 cm³/mol. The van der Waals surface area contributed by atoms with Crippen LogP contribution in [0.25, 0.3) is 0 Å². The summed E-state index contributed by atoms with van der Waals surface area (Å²) in [7, 11) is 1.67. The van der Waals surface area contributed by atoms with Crippen LogP contribution in [-0.4, -0.2) is 13.9 Å². The molecular weight excluding hydrogens is 200 g/mol. The van der Waals surface area contributed by atoms with Crippen LogP contribution in [0.3, 0.4) is 0 Å². The van der Waals surface area contributed by atoms with Crippen LogP contribution < -0.4 is 0 Å². The van der Waals surface area contributed by atoms with E-state index in [2.05, 4.69) is 38.1 Å². The molecule has 1 aromatic rings. The van der Waals surface area contributed by atoms with Gasteiger partial charge >= 0.3 is 0 Å². The average molecular weight is 220 g/mol. The Morgan fingerprint density at radius 2 is 2.06 bits per heavy atom. The third kappa shape index (κ3) is 2.13. The van der Waals surface area contributed by atoms with Crippen molar-refractivity contribution in [1.29, 1.82) is 0 Å². The van der Waals surface area contributed by atoms with Gasteiger partial charge in [0.15, 0.2) is 0 Å². The lowest BCUT2D eigenvalue weighted by Crippen LogP contribution is -2.27. The number of fused-ring (bicyclic) bond motifs is 1. The first-order valence-corrected chi connectivity index (χ1v) is 5.85. The molecule has 2 rings (SSSR count). The molecule has 0 bridgehead atoms. The molecule has 0 radical (unpaired) electrons. The molecule has 1 aromatic carbocycles. The second-order valence-electron chi connectivity index (χ2n) is 5.07. The fourth-order valence-corrected chi connectivity index (χ4v) is 2.50. The molecule has 0 amide bonds. The molecule has 0 aromatic heterocycles. The molecule has 0 saturated carbocycles. The summed E-state index contributed by atoms with van der Waals surface area (Å²) in [5, 5.41) is 0. The van der Waals surface area contributed by atoms with Crippen LogP contribution in [0.15, 0.2) is 24.3 Å². The predicted octanol–water partition coefficient (Wildman–Crippen LogP) is 3.42. The highest BCUT2D eigenvalue weighted by molar-refractivity contribution is 5.37. The fourth-order valence-electron chi connectivity index (χ4n) is 2.50. The van der Waals surface area contributed by atoms with Crippen LogP contribution >= 0.6 is 0 Å². The molecule has 1 atom stereocenters. The van der Waals surface area contributed by atoms with Crippen molar-refractivity contribution in [3.8, 4) is 0 Å². The Hall–Kier alpha value is -0.860. The van der Waals surface area contributed by atoms with Gasteiger partial charge in [-0.25, -0.2) is 0 Å². The SMILES string of the molecule is COCOC1CCC(C)(C)c2ccccc21. The van der Waals surface area contributed by atoms with E-state index < -0.39 is 0 Å². The highest BCUT2D eigenvalue weighted by Gasteiger charge is 2.32. The van der Waals surface area contributed by atoms with Crippen LogP contribution in [0.4, 0.5) is 0 Å². The molecule has 0 heterocycles. The topological polar surface area (TPSA) is 18.5 Å². The van der Waals surface area contributed by atoms with Gasteiger partial charge in [0.1, 0.15) is 6.79 Å². The molecule has 0 fully saturated rings. The number of hydrogen-bond acceptors (Lipinski definition) is 2. The van der Waals surface area contributed by atoms with Crippen molar-refractivity contribution in [2.45, 2.75) is 38.2 Å². The minimum atomic E-state index is 0.198. The van der Waals surface area contributed by atoms with Gasteiger partial charge in [-0.3, -0.25) is 0 Å². The molecule has 2 nitrogen and oxygen atoms in total. The van der Waals surface area contributed by atoms with Gasteiger partial charge < -0.3 is 9.47 Å². The third-order valence-electron chi connectivity index (χ3n) is 3.46. The summed E-state index contributed by atoms with van der Waals surface area (Å²) in [5.74, 6) is 0. The average Bonchev–Trinajstić information content (AvgIpc) is 2.29. The Morgan fingerprint density at radius 1 is 1.31 bits per heavy atom. The normalized spacial score (nSPS) is 22.8. The Labute approximate surface area is 97.6 Å². The molecule has 1 aliphatic rings. The quantitative estimate of drug-likeness (QED) is 0.727. The van der Waals surface area contributed by atoms with Gasteiger partial charge in [0.2, 0.25) is 0 Å². The Kier molecular flexibility index (Phi) is 3.31. The van der Waals surface area contributed by atoms with Gasteiger partial charge in [-0.2, -0.15) is 0 Å². The van der Waals surface area contributed by atoms with Crippen molar-refractivity contribution in [3.05, 3.63) is 35.4 Å². The molecule has 0 saturated heterocycles. The summed E-state index contributed by atoms with van der Waals surface area (Å²) in [6, 6.07) is 8.59. The van der Waals surface area contributed by atoms with Crippen LogP contribution in [0.5, 0.6) is 0 Å². The Morgan fingerprint density at radius 3 is 2.81 bits per heavy atom. The zero-order valence-corrected chi connectivity index (χ0v) is 10.3. The maximum absolute atomic E-state index is 5.73. The minimum Gasteiger partial charge on any atom is -0.359 e. The Bertz CT molecular complexity index is 358. The second-order valence-corrected chi connectivity index (χ2v) is 5.07. The molecule has 16 heavy (non-hydrogen) atoms. The summed E-state index contributed by atoms with van der Waals surface area (Å²) >= 11 is 0. The number of ether oxygens (including phenoxy) is 2. The third-order valence-corrected chi connectivity index (χ3v) is 3.46. The number of methoxy groups -OCH3 is 1. The zero-order chi connectivity index (χ0) is 11.6. The smallest absolute Gasteiger partial charge is 0.147 e. The van der Waals surface area contributed by atoms with Crippen molar-refractivity contribution in [2.75, 3.05) is 13.9 Å². The van der Waals surface area contributed by atoms with Crippen molar-refractivity contribution >= 4 is 0 Å². The monoisotopic (exact) mass is 220 g/mol.